The van der Waals surface area contributed by atoms with Gasteiger partial charge in [-0.3, -0.25) is 0 Å². The van der Waals surface area contributed by atoms with Crippen molar-refractivity contribution < 1.29 is 0 Å². The van der Waals surface area contributed by atoms with Crippen molar-refractivity contribution in [3.05, 3.63) is 54.6 Å². The first-order valence-corrected chi connectivity index (χ1v) is 19.9. The summed E-state index contributed by atoms with van der Waals surface area (Å²) in [6, 6.07) is 11.8. The van der Waals surface area contributed by atoms with Crippen LogP contribution in [0.2, 0.25) is 0 Å². The molecule has 252 valence electrons. The Bertz CT molecular complexity index is 814. The molecule has 2 heteroatoms. The van der Waals surface area contributed by atoms with Crippen molar-refractivity contribution in [2.45, 2.75) is 206 Å². The van der Waals surface area contributed by atoms with Crippen LogP contribution in [-0.4, -0.2) is 9.55 Å². The molecule has 2 rings (SSSR count). The van der Waals surface area contributed by atoms with E-state index in [9.17, 15) is 0 Å². The van der Waals surface area contributed by atoms with Gasteiger partial charge in [0.15, 0.2) is 0 Å². The first-order valence-electron chi connectivity index (χ1n) is 19.9. The molecular weight excluding hydrogens is 532 g/mol. The van der Waals surface area contributed by atoms with E-state index in [2.05, 4.69) is 66.3 Å². The Kier molecular flexibility index (Phi) is 25.3. The van der Waals surface area contributed by atoms with Gasteiger partial charge in [0.05, 0.1) is 6.33 Å². The lowest BCUT2D eigenvalue weighted by molar-refractivity contribution is 0.275. The van der Waals surface area contributed by atoms with Crippen LogP contribution in [-0.2, 0) is 6.42 Å². The van der Waals surface area contributed by atoms with E-state index in [1.807, 2.05) is 6.20 Å². The SMILES string of the molecule is CCCCCCCCCCCCCCCCCC(Cc1ccccc1)C(CCCCCCCCCCCCC)n1ccnc1. The van der Waals surface area contributed by atoms with Crippen molar-refractivity contribution in [2.75, 3.05) is 0 Å². The van der Waals surface area contributed by atoms with Crippen LogP contribution in [0.25, 0.3) is 0 Å². The first-order chi connectivity index (χ1) is 21.8. The van der Waals surface area contributed by atoms with Crippen molar-refractivity contribution >= 4 is 0 Å². The van der Waals surface area contributed by atoms with Crippen molar-refractivity contribution in [2.24, 2.45) is 5.92 Å². The van der Waals surface area contributed by atoms with E-state index >= 15 is 0 Å². The van der Waals surface area contributed by atoms with E-state index < -0.39 is 0 Å². The van der Waals surface area contributed by atoms with E-state index in [1.165, 1.54) is 192 Å². The second-order valence-corrected chi connectivity index (χ2v) is 14.1. The van der Waals surface area contributed by atoms with Crippen LogP contribution in [0.3, 0.4) is 0 Å². The normalized spacial score (nSPS) is 13.0. The van der Waals surface area contributed by atoms with Crippen LogP contribution in [0.15, 0.2) is 49.1 Å². The quantitative estimate of drug-likeness (QED) is 0.0757. The minimum Gasteiger partial charge on any atom is -0.334 e. The zero-order valence-corrected chi connectivity index (χ0v) is 29.7. The molecule has 0 aliphatic rings. The van der Waals surface area contributed by atoms with Gasteiger partial charge in [0, 0.05) is 18.4 Å². The van der Waals surface area contributed by atoms with Crippen LogP contribution in [0.1, 0.15) is 205 Å². The van der Waals surface area contributed by atoms with Crippen LogP contribution < -0.4 is 0 Å². The molecule has 0 amide bonds. The Morgan fingerprint density at radius 3 is 1.32 bits per heavy atom. The smallest absolute Gasteiger partial charge is 0.0948 e. The number of aromatic nitrogens is 2. The standard InChI is InChI=1S/C42H74N2/c1-3-5-7-9-11-13-15-16-17-18-20-21-23-25-30-34-41(38-40-32-28-27-29-33-40)42(44-37-36-43-39-44)35-31-26-24-22-19-14-12-10-8-6-4-2/h27-29,32-33,36-37,39,41-42H,3-26,30-31,34-35,38H2,1-2H3. The molecule has 0 saturated carbocycles. The summed E-state index contributed by atoms with van der Waals surface area (Å²) in [6.45, 7) is 4.62. The number of hydrogen-bond donors (Lipinski definition) is 0. The topological polar surface area (TPSA) is 17.8 Å². The molecule has 1 aromatic carbocycles. The average molecular weight is 607 g/mol. The first kappa shape index (κ1) is 38.6. The van der Waals surface area contributed by atoms with Crippen LogP contribution in [0, 0.1) is 5.92 Å². The molecule has 0 aliphatic heterocycles. The number of unbranched alkanes of at least 4 members (excludes halogenated alkanes) is 24. The lowest BCUT2D eigenvalue weighted by Gasteiger charge is -2.29. The molecule has 0 spiro atoms. The van der Waals surface area contributed by atoms with E-state index in [0.717, 1.165) is 0 Å². The molecular formula is C42H74N2. The number of benzene rings is 1. The fourth-order valence-electron chi connectivity index (χ4n) is 7.24. The van der Waals surface area contributed by atoms with Crippen LogP contribution in [0.5, 0.6) is 0 Å². The molecule has 1 aromatic heterocycles. The monoisotopic (exact) mass is 607 g/mol. The van der Waals surface area contributed by atoms with Gasteiger partial charge in [0.1, 0.15) is 0 Å². The summed E-state index contributed by atoms with van der Waals surface area (Å²) in [6.07, 6.45) is 47.2. The number of hydrogen-bond acceptors (Lipinski definition) is 1. The highest BCUT2D eigenvalue weighted by atomic mass is 15.1. The third-order valence-corrected chi connectivity index (χ3v) is 10.1. The van der Waals surface area contributed by atoms with Gasteiger partial charge < -0.3 is 4.57 Å². The Morgan fingerprint density at radius 2 is 0.909 bits per heavy atom. The van der Waals surface area contributed by atoms with Gasteiger partial charge in [-0.25, -0.2) is 4.98 Å². The zero-order valence-electron chi connectivity index (χ0n) is 29.7. The number of imidazole rings is 1. The molecule has 2 unspecified atom stereocenters. The molecule has 2 atom stereocenters. The summed E-state index contributed by atoms with van der Waals surface area (Å²) in [5.74, 6) is 0.691. The van der Waals surface area contributed by atoms with E-state index in [-0.39, 0.29) is 0 Å². The van der Waals surface area contributed by atoms with Gasteiger partial charge in [-0.2, -0.15) is 0 Å². The Hall–Kier alpha value is -1.57. The fraction of sp³-hybridized carbons (Fsp3) is 0.786. The van der Waals surface area contributed by atoms with Gasteiger partial charge in [-0.15, -0.1) is 0 Å². The molecule has 0 fully saturated rings. The van der Waals surface area contributed by atoms with Gasteiger partial charge in [0.25, 0.3) is 0 Å². The summed E-state index contributed by atoms with van der Waals surface area (Å²) in [5.41, 5.74) is 1.50. The van der Waals surface area contributed by atoms with E-state index in [4.69, 9.17) is 0 Å². The molecule has 0 saturated heterocycles. The van der Waals surface area contributed by atoms with Gasteiger partial charge in [0.2, 0.25) is 0 Å². The lowest BCUT2D eigenvalue weighted by Crippen LogP contribution is -2.21. The van der Waals surface area contributed by atoms with Crippen LogP contribution >= 0.6 is 0 Å². The minimum atomic E-state index is 0.572. The van der Waals surface area contributed by atoms with Gasteiger partial charge in [-0.1, -0.05) is 211 Å². The largest absolute Gasteiger partial charge is 0.334 e. The zero-order chi connectivity index (χ0) is 31.2. The molecule has 1 heterocycles. The summed E-state index contributed by atoms with van der Waals surface area (Å²) < 4.78 is 2.45. The fourth-order valence-corrected chi connectivity index (χ4v) is 7.24. The predicted molar refractivity (Wildman–Crippen MR) is 196 cm³/mol. The summed E-state index contributed by atoms with van der Waals surface area (Å²) in [7, 11) is 0. The van der Waals surface area contributed by atoms with E-state index in [0.29, 0.717) is 12.0 Å². The maximum Gasteiger partial charge on any atom is 0.0948 e. The van der Waals surface area contributed by atoms with Gasteiger partial charge in [-0.05, 0) is 30.7 Å². The maximum absolute atomic E-state index is 4.48. The molecule has 44 heavy (non-hydrogen) atoms. The predicted octanol–water partition coefficient (Wildman–Crippen LogP) is 14.2. The van der Waals surface area contributed by atoms with Crippen molar-refractivity contribution in [3.8, 4) is 0 Å². The third kappa shape index (κ3) is 20.5. The molecule has 0 aliphatic carbocycles. The van der Waals surface area contributed by atoms with Crippen molar-refractivity contribution in [1.29, 1.82) is 0 Å². The van der Waals surface area contributed by atoms with Gasteiger partial charge >= 0.3 is 0 Å². The second kappa shape index (κ2) is 28.9. The molecule has 0 N–H and O–H groups in total. The summed E-state index contributed by atoms with van der Waals surface area (Å²) in [5, 5.41) is 0. The highest BCUT2D eigenvalue weighted by molar-refractivity contribution is 5.15. The summed E-state index contributed by atoms with van der Waals surface area (Å²) >= 11 is 0. The minimum absolute atomic E-state index is 0.572. The molecule has 0 radical (unpaired) electrons. The average Bonchev–Trinajstić information content (AvgIpc) is 3.58. The molecule has 2 nitrogen and oxygen atoms in total. The number of nitrogens with zero attached hydrogens (tertiary/aromatic N) is 2. The second-order valence-electron chi connectivity index (χ2n) is 14.1. The molecule has 0 bridgehead atoms. The highest BCUT2D eigenvalue weighted by Crippen LogP contribution is 2.32. The van der Waals surface area contributed by atoms with Crippen molar-refractivity contribution in [1.82, 2.24) is 9.55 Å². The Labute approximate surface area is 275 Å². The van der Waals surface area contributed by atoms with Crippen LogP contribution in [0.4, 0.5) is 0 Å². The molecule has 2 aromatic rings. The van der Waals surface area contributed by atoms with E-state index in [1.54, 1.807) is 0 Å². The lowest BCUT2D eigenvalue weighted by atomic mass is 9.84. The third-order valence-electron chi connectivity index (χ3n) is 10.1. The van der Waals surface area contributed by atoms with Crippen molar-refractivity contribution in [3.63, 3.8) is 0 Å². The highest BCUT2D eigenvalue weighted by Gasteiger charge is 2.23. The Morgan fingerprint density at radius 1 is 0.500 bits per heavy atom. The maximum atomic E-state index is 4.48. The Balaban J connectivity index is 1.67. The summed E-state index contributed by atoms with van der Waals surface area (Å²) in [4.78, 5) is 4.48. The number of rotatable bonds is 32.